The number of rotatable bonds is 4. The lowest BCUT2D eigenvalue weighted by molar-refractivity contribution is -0.124. The van der Waals surface area contributed by atoms with Gasteiger partial charge in [0.15, 0.2) is 0 Å². The van der Waals surface area contributed by atoms with Gasteiger partial charge in [0.25, 0.3) is 0 Å². The van der Waals surface area contributed by atoms with Gasteiger partial charge in [0, 0.05) is 26.2 Å². The molecule has 4 rings (SSSR count). The number of hydrogen-bond acceptors (Lipinski definition) is 4. The van der Waals surface area contributed by atoms with Crippen molar-refractivity contribution in [2.45, 2.75) is 50.7 Å². The van der Waals surface area contributed by atoms with Gasteiger partial charge >= 0.3 is 0 Å². The fourth-order valence-electron chi connectivity index (χ4n) is 4.10. The molecule has 2 aliphatic rings. The molecule has 1 aliphatic carbocycles. The number of aryl methyl sites for hydroxylation is 1. The van der Waals surface area contributed by atoms with Crippen LogP contribution in [0.15, 0.2) is 29.1 Å². The predicted octanol–water partition coefficient (Wildman–Crippen LogP) is 2.17. The molecule has 0 aromatic carbocycles. The molecule has 1 atom stereocenters. The van der Waals surface area contributed by atoms with E-state index in [4.69, 9.17) is 4.42 Å². The topological polar surface area (TPSA) is 63.3 Å². The second-order valence-corrected chi connectivity index (χ2v) is 6.90. The summed E-state index contributed by atoms with van der Waals surface area (Å²) in [6.07, 6.45) is 8.53. The number of amides is 1. The van der Waals surface area contributed by atoms with Crippen molar-refractivity contribution in [1.82, 2.24) is 19.8 Å². The summed E-state index contributed by atoms with van der Waals surface area (Å²) >= 11 is 0. The van der Waals surface area contributed by atoms with Crippen LogP contribution in [-0.4, -0.2) is 32.9 Å². The molecule has 1 unspecified atom stereocenters. The third-order valence-corrected chi connectivity index (χ3v) is 5.34. The molecule has 0 radical (unpaired) electrons. The van der Waals surface area contributed by atoms with Crippen LogP contribution in [0.3, 0.4) is 0 Å². The largest absolute Gasteiger partial charge is 0.467 e. The number of carbonyl (C=O) groups excluding carboxylic acids is 1. The minimum Gasteiger partial charge on any atom is -0.467 e. The number of imidazole rings is 1. The van der Waals surface area contributed by atoms with Crippen LogP contribution in [-0.2, 0) is 24.9 Å². The highest BCUT2D eigenvalue weighted by atomic mass is 16.3. The number of fused-ring (bicyclic) bond motifs is 1. The first kappa shape index (κ1) is 15.4. The molecular weight excluding hydrogens is 304 g/mol. The Balaban J connectivity index is 1.52. The van der Waals surface area contributed by atoms with Gasteiger partial charge < -0.3 is 14.3 Å². The Morgan fingerprint density at radius 3 is 3.00 bits per heavy atom. The molecule has 24 heavy (non-hydrogen) atoms. The number of nitrogens with one attached hydrogen (secondary N) is 1. The van der Waals surface area contributed by atoms with E-state index in [0.29, 0.717) is 12.6 Å². The van der Waals surface area contributed by atoms with Crippen molar-refractivity contribution >= 4 is 5.91 Å². The minimum atomic E-state index is -0.170. The van der Waals surface area contributed by atoms with Crippen LogP contribution in [0.25, 0.3) is 0 Å². The molecule has 0 bridgehead atoms. The van der Waals surface area contributed by atoms with Crippen LogP contribution in [0.5, 0.6) is 0 Å². The van der Waals surface area contributed by atoms with Gasteiger partial charge in [0.1, 0.15) is 5.76 Å². The van der Waals surface area contributed by atoms with Gasteiger partial charge in [-0.2, -0.15) is 0 Å². The number of aromatic nitrogens is 2. The van der Waals surface area contributed by atoms with E-state index >= 15 is 0 Å². The van der Waals surface area contributed by atoms with E-state index in [2.05, 4.69) is 15.2 Å². The molecule has 2 aromatic rings. The Labute approximate surface area is 141 Å². The van der Waals surface area contributed by atoms with Gasteiger partial charge in [-0.3, -0.25) is 9.69 Å². The highest BCUT2D eigenvalue weighted by molar-refractivity contribution is 5.84. The van der Waals surface area contributed by atoms with Crippen molar-refractivity contribution in [2.75, 3.05) is 6.54 Å². The predicted molar refractivity (Wildman–Crippen MR) is 89.2 cm³/mol. The number of nitrogens with zero attached hydrogens (tertiary/aromatic N) is 3. The van der Waals surface area contributed by atoms with Crippen LogP contribution in [0.1, 0.15) is 48.7 Å². The van der Waals surface area contributed by atoms with Crippen LogP contribution in [0.4, 0.5) is 0 Å². The third-order valence-electron chi connectivity index (χ3n) is 5.34. The quantitative estimate of drug-likeness (QED) is 0.934. The Hall–Kier alpha value is -2.08. The first-order valence-corrected chi connectivity index (χ1v) is 8.76. The average molecular weight is 328 g/mol. The zero-order chi connectivity index (χ0) is 16.5. The molecule has 6 nitrogen and oxygen atoms in total. The lowest BCUT2D eigenvalue weighted by Crippen LogP contribution is -2.45. The third kappa shape index (κ3) is 2.86. The maximum atomic E-state index is 12.8. The molecule has 2 aromatic heterocycles. The fraction of sp³-hybridized carbons (Fsp3) is 0.556. The van der Waals surface area contributed by atoms with Gasteiger partial charge in [-0.15, -0.1) is 0 Å². The second kappa shape index (κ2) is 6.43. The molecule has 1 N–H and O–H groups in total. The average Bonchev–Trinajstić information content (AvgIpc) is 3.34. The van der Waals surface area contributed by atoms with Crippen molar-refractivity contribution < 1.29 is 9.21 Å². The van der Waals surface area contributed by atoms with E-state index in [1.165, 1.54) is 25.7 Å². The lowest BCUT2D eigenvalue weighted by atomic mass is 9.95. The summed E-state index contributed by atoms with van der Waals surface area (Å²) in [7, 11) is 1.98. The normalized spacial score (nSPS) is 21.8. The zero-order valence-corrected chi connectivity index (χ0v) is 14.1. The van der Waals surface area contributed by atoms with Crippen molar-refractivity contribution in [3.63, 3.8) is 0 Å². The highest BCUT2D eigenvalue weighted by Crippen LogP contribution is 2.33. The Bertz CT molecular complexity index is 701. The molecule has 1 fully saturated rings. The number of carbonyl (C=O) groups is 1. The lowest BCUT2D eigenvalue weighted by Gasteiger charge is -2.36. The standard InChI is InChI=1S/C18H24N4O2/c1-21-12-20-16-11-22(13-5-2-3-6-13)10-15(17(16)21)18(23)19-9-14-7-4-8-24-14/h4,7-8,12-13,15H,2-3,5-6,9-11H2,1H3,(H,19,23). The summed E-state index contributed by atoms with van der Waals surface area (Å²) < 4.78 is 7.31. The first-order valence-electron chi connectivity index (χ1n) is 8.76. The van der Waals surface area contributed by atoms with Gasteiger partial charge in [-0.05, 0) is 25.0 Å². The van der Waals surface area contributed by atoms with Crippen molar-refractivity contribution in [2.24, 2.45) is 7.05 Å². The fourth-order valence-corrected chi connectivity index (χ4v) is 4.10. The van der Waals surface area contributed by atoms with Gasteiger partial charge in [-0.1, -0.05) is 12.8 Å². The van der Waals surface area contributed by atoms with E-state index in [9.17, 15) is 4.79 Å². The van der Waals surface area contributed by atoms with Crippen LogP contribution in [0.2, 0.25) is 0 Å². The second-order valence-electron chi connectivity index (χ2n) is 6.90. The monoisotopic (exact) mass is 328 g/mol. The van der Waals surface area contributed by atoms with Crippen LogP contribution < -0.4 is 5.32 Å². The molecule has 128 valence electrons. The summed E-state index contributed by atoms with van der Waals surface area (Å²) in [6.45, 7) is 2.07. The summed E-state index contributed by atoms with van der Waals surface area (Å²) in [5, 5.41) is 3.02. The highest BCUT2D eigenvalue weighted by Gasteiger charge is 2.36. The van der Waals surface area contributed by atoms with Crippen LogP contribution >= 0.6 is 0 Å². The van der Waals surface area contributed by atoms with E-state index in [1.807, 2.05) is 30.1 Å². The maximum Gasteiger partial charge on any atom is 0.230 e. The smallest absolute Gasteiger partial charge is 0.230 e. The molecular formula is C18H24N4O2. The number of hydrogen-bond donors (Lipinski definition) is 1. The van der Waals surface area contributed by atoms with Gasteiger partial charge in [-0.25, -0.2) is 4.98 Å². The Morgan fingerprint density at radius 2 is 2.25 bits per heavy atom. The first-order chi connectivity index (χ1) is 11.7. The maximum absolute atomic E-state index is 12.8. The minimum absolute atomic E-state index is 0.0546. The molecule has 0 spiro atoms. The van der Waals surface area contributed by atoms with E-state index in [-0.39, 0.29) is 11.8 Å². The Morgan fingerprint density at radius 1 is 1.42 bits per heavy atom. The molecule has 0 saturated heterocycles. The summed E-state index contributed by atoms with van der Waals surface area (Å²) in [4.78, 5) is 19.8. The van der Waals surface area contributed by atoms with Crippen LogP contribution in [0, 0.1) is 0 Å². The Kier molecular flexibility index (Phi) is 4.14. The van der Waals surface area contributed by atoms with E-state index in [0.717, 1.165) is 30.2 Å². The SMILES string of the molecule is Cn1cnc2c1C(C(=O)NCc1ccco1)CN(C1CCCC1)C2. The van der Waals surface area contributed by atoms with Crippen molar-refractivity contribution in [3.05, 3.63) is 41.9 Å². The summed E-state index contributed by atoms with van der Waals surface area (Å²) in [5.41, 5.74) is 2.11. The molecule has 1 amide bonds. The zero-order valence-electron chi connectivity index (χ0n) is 14.1. The van der Waals surface area contributed by atoms with Crippen molar-refractivity contribution in [1.29, 1.82) is 0 Å². The van der Waals surface area contributed by atoms with Gasteiger partial charge in [0.2, 0.25) is 5.91 Å². The molecule has 3 heterocycles. The number of furan rings is 1. The van der Waals surface area contributed by atoms with E-state index in [1.54, 1.807) is 6.26 Å². The molecule has 1 aliphatic heterocycles. The van der Waals surface area contributed by atoms with Gasteiger partial charge in [0.05, 0.1) is 36.4 Å². The van der Waals surface area contributed by atoms with E-state index < -0.39 is 0 Å². The van der Waals surface area contributed by atoms with Crippen molar-refractivity contribution in [3.8, 4) is 0 Å². The summed E-state index contributed by atoms with van der Waals surface area (Å²) in [5.74, 6) is 0.660. The molecule has 6 heteroatoms. The molecule has 1 saturated carbocycles. The summed E-state index contributed by atoms with van der Waals surface area (Å²) in [6, 6.07) is 4.31.